The smallest absolute Gasteiger partial charge is 0.173 e. The summed E-state index contributed by atoms with van der Waals surface area (Å²) in [7, 11) is 0. The number of phenols is 1. The molecular weight excluding hydrogens is 132 g/mol. The van der Waals surface area contributed by atoms with Crippen LogP contribution >= 0.6 is 0 Å². The zero-order valence-corrected chi connectivity index (χ0v) is 5.24. The Morgan fingerprint density at radius 3 is 2.60 bits per heavy atom. The molecule has 1 rings (SSSR count). The predicted octanol–water partition coefficient (Wildman–Crippen LogP) is 0.227. The fourth-order valence-corrected chi connectivity index (χ4v) is 0.625. The molecule has 1 aromatic rings. The number of rotatable bonds is 1. The highest BCUT2D eigenvalue weighted by Gasteiger charge is 1.98. The third kappa shape index (κ3) is 1.11. The number of aromatic hydroxyl groups is 1. The molecule has 4 nitrogen and oxygen atoms in total. The molecule has 0 atom stereocenters. The van der Waals surface area contributed by atoms with Crippen LogP contribution in [0, 0.1) is 0 Å². The SMILES string of the molecule is NOc1cc(O)ccc1N. The molecule has 5 N–H and O–H groups in total. The van der Waals surface area contributed by atoms with Crippen LogP contribution in [0.25, 0.3) is 0 Å². The van der Waals surface area contributed by atoms with Crippen molar-refractivity contribution in [3.63, 3.8) is 0 Å². The highest BCUT2D eigenvalue weighted by atomic mass is 16.6. The summed E-state index contributed by atoms with van der Waals surface area (Å²) in [5.41, 5.74) is 5.79. The zero-order valence-electron chi connectivity index (χ0n) is 5.24. The van der Waals surface area contributed by atoms with Gasteiger partial charge in [-0.25, -0.2) is 0 Å². The van der Waals surface area contributed by atoms with Gasteiger partial charge in [-0.2, -0.15) is 5.90 Å². The van der Waals surface area contributed by atoms with E-state index >= 15 is 0 Å². The van der Waals surface area contributed by atoms with E-state index in [0.717, 1.165) is 0 Å². The van der Waals surface area contributed by atoms with Gasteiger partial charge >= 0.3 is 0 Å². The number of hydrogen-bond donors (Lipinski definition) is 3. The molecule has 10 heavy (non-hydrogen) atoms. The molecule has 0 aliphatic heterocycles. The molecule has 0 fully saturated rings. The second kappa shape index (κ2) is 2.45. The number of hydrogen-bond acceptors (Lipinski definition) is 4. The summed E-state index contributed by atoms with van der Waals surface area (Å²) in [6.07, 6.45) is 0. The second-order valence-corrected chi connectivity index (χ2v) is 1.84. The third-order valence-corrected chi connectivity index (χ3v) is 1.12. The Kier molecular flexibility index (Phi) is 1.64. The fourth-order valence-electron chi connectivity index (χ4n) is 0.625. The van der Waals surface area contributed by atoms with Crippen molar-refractivity contribution in [2.45, 2.75) is 0 Å². The molecule has 0 aliphatic rings. The summed E-state index contributed by atoms with van der Waals surface area (Å²) < 4.78 is 0. The van der Waals surface area contributed by atoms with Crippen LogP contribution in [0.3, 0.4) is 0 Å². The maximum Gasteiger partial charge on any atom is 0.173 e. The first kappa shape index (κ1) is 6.70. The highest BCUT2D eigenvalue weighted by molar-refractivity contribution is 5.55. The van der Waals surface area contributed by atoms with Crippen molar-refractivity contribution in [2.24, 2.45) is 5.90 Å². The Balaban J connectivity index is 3.09. The van der Waals surface area contributed by atoms with E-state index in [1.807, 2.05) is 0 Å². The van der Waals surface area contributed by atoms with E-state index in [9.17, 15) is 0 Å². The average molecular weight is 140 g/mol. The van der Waals surface area contributed by atoms with Crippen molar-refractivity contribution in [3.05, 3.63) is 18.2 Å². The van der Waals surface area contributed by atoms with Gasteiger partial charge in [-0.15, -0.1) is 0 Å². The minimum Gasteiger partial charge on any atom is -0.508 e. The van der Waals surface area contributed by atoms with Gasteiger partial charge in [-0.3, -0.25) is 0 Å². The Labute approximate surface area is 58.0 Å². The fraction of sp³-hybridized carbons (Fsp3) is 0. The molecule has 0 aliphatic carbocycles. The van der Waals surface area contributed by atoms with Gasteiger partial charge in [0.1, 0.15) is 5.75 Å². The Morgan fingerprint density at radius 1 is 1.40 bits per heavy atom. The van der Waals surface area contributed by atoms with Crippen LogP contribution in [0.15, 0.2) is 18.2 Å². The molecule has 0 unspecified atom stereocenters. The minimum absolute atomic E-state index is 0.0784. The molecule has 0 saturated carbocycles. The lowest BCUT2D eigenvalue weighted by Gasteiger charge is -2.01. The predicted molar refractivity (Wildman–Crippen MR) is 37.3 cm³/mol. The number of anilines is 1. The van der Waals surface area contributed by atoms with Crippen LogP contribution in [0.2, 0.25) is 0 Å². The molecule has 0 spiro atoms. The molecular formula is C6H8N2O2. The maximum absolute atomic E-state index is 8.88. The van der Waals surface area contributed by atoms with Crippen LogP contribution in [0.4, 0.5) is 5.69 Å². The topological polar surface area (TPSA) is 81.5 Å². The van der Waals surface area contributed by atoms with Gasteiger partial charge in [0.05, 0.1) is 5.69 Å². The van der Waals surface area contributed by atoms with E-state index in [4.69, 9.17) is 16.7 Å². The van der Waals surface area contributed by atoms with Crippen LogP contribution in [-0.2, 0) is 0 Å². The quantitative estimate of drug-likeness (QED) is 0.296. The van der Waals surface area contributed by atoms with E-state index in [-0.39, 0.29) is 11.5 Å². The van der Waals surface area contributed by atoms with Crippen molar-refractivity contribution in [3.8, 4) is 11.5 Å². The van der Waals surface area contributed by atoms with Crippen LogP contribution in [0.1, 0.15) is 0 Å². The van der Waals surface area contributed by atoms with Crippen molar-refractivity contribution < 1.29 is 9.94 Å². The van der Waals surface area contributed by atoms with Gasteiger partial charge < -0.3 is 15.7 Å². The lowest BCUT2D eigenvalue weighted by atomic mass is 10.3. The largest absolute Gasteiger partial charge is 0.508 e. The van der Waals surface area contributed by atoms with Crippen LogP contribution in [0.5, 0.6) is 11.5 Å². The van der Waals surface area contributed by atoms with Crippen molar-refractivity contribution in [1.29, 1.82) is 0 Å². The van der Waals surface area contributed by atoms with E-state index in [1.165, 1.54) is 18.2 Å². The zero-order chi connectivity index (χ0) is 7.56. The lowest BCUT2D eigenvalue weighted by molar-refractivity contribution is 0.334. The van der Waals surface area contributed by atoms with Crippen molar-refractivity contribution in [1.82, 2.24) is 0 Å². The third-order valence-electron chi connectivity index (χ3n) is 1.12. The van der Waals surface area contributed by atoms with Gasteiger partial charge in [0.2, 0.25) is 0 Å². The number of nitrogens with two attached hydrogens (primary N) is 2. The Morgan fingerprint density at radius 2 is 2.10 bits per heavy atom. The summed E-state index contributed by atoms with van der Waals surface area (Å²) in [5.74, 6) is 5.18. The Bertz CT molecular complexity index is 237. The summed E-state index contributed by atoms with van der Waals surface area (Å²) in [6, 6.07) is 4.31. The molecule has 0 saturated heterocycles. The number of benzene rings is 1. The van der Waals surface area contributed by atoms with E-state index in [0.29, 0.717) is 5.69 Å². The van der Waals surface area contributed by atoms with Gasteiger partial charge in [-0.05, 0) is 12.1 Å². The van der Waals surface area contributed by atoms with Crippen LogP contribution < -0.4 is 16.5 Å². The monoisotopic (exact) mass is 140 g/mol. The highest BCUT2D eigenvalue weighted by Crippen LogP contribution is 2.24. The van der Waals surface area contributed by atoms with E-state index < -0.39 is 0 Å². The molecule has 0 heterocycles. The first-order valence-corrected chi connectivity index (χ1v) is 2.69. The second-order valence-electron chi connectivity index (χ2n) is 1.84. The molecule has 0 amide bonds. The summed E-state index contributed by atoms with van der Waals surface area (Å²) in [6.45, 7) is 0. The van der Waals surface area contributed by atoms with E-state index in [1.54, 1.807) is 0 Å². The Hall–Kier alpha value is -1.42. The summed E-state index contributed by atoms with van der Waals surface area (Å²) in [5, 5.41) is 8.88. The minimum atomic E-state index is 0.0784. The maximum atomic E-state index is 8.88. The van der Waals surface area contributed by atoms with Crippen molar-refractivity contribution in [2.75, 3.05) is 5.73 Å². The molecule has 0 aromatic heterocycles. The molecule has 0 radical (unpaired) electrons. The summed E-state index contributed by atoms with van der Waals surface area (Å²) in [4.78, 5) is 4.34. The molecule has 54 valence electrons. The molecule has 4 heteroatoms. The number of phenolic OH excluding ortho intramolecular Hbond substituents is 1. The first-order chi connectivity index (χ1) is 4.74. The van der Waals surface area contributed by atoms with Gasteiger partial charge in [0.25, 0.3) is 0 Å². The lowest BCUT2D eigenvalue weighted by Crippen LogP contribution is -2.04. The first-order valence-electron chi connectivity index (χ1n) is 2.69. The molecule has 0 bridgehead atoms. The average Bonchev–Trinajstić information content (AvgIpc) is 1.94. The molecule has 1 aromatic carbocycles. The normalized spacial score (nSPS) is 9.30. The summed E-state index contributed by atoms with van der Waals surface area (Å²) >= 11 is 0. The van der Waals surface area contributed by atoms with Gasteiger partial charge in [0.15, 0.2) is 5.75 Å². The standard InChI is InChI=1S/C6H8N2O2/c7-5-2-1-4(9)3-6(5)10-8/h1-3,9H,7-8H2. The van der Waals surface area contributed by atoms with Gasteiger partial charge in [-0.1, -0.05) is 0 Å². The number of nitrogen functional groups attached to an aromatic ring is 1. The van der Waals surface area contributed by atoms with Crippen LogP contribution in [-0.4, -0.2) is 5.11 Å². The van der Waals surface area contributed by atoms with E-state index in [2.05, 4.69) is 4.84 Å². The van der Waals surface area contributed by atoms with Gasteiger partial charge in [0, 0.05) is 6.07 Å². The van der Waals surface area contributed by atoms with Crippen molar-refractivity contribution >= 4 is 5.69 Å².